The third kappa shape index (κ3) is 4.72. The number of anilines is 1. The van der Waals surface area contributed by atoms with Crippen LogP contribution in [0, 0.1) is 6.92 Å². The number of benzene rings is 1. The molecule has 1 amide bonds. The van der Waals surface area contributed by atoms with E-state index in [1.54, 1.807) is 12.3 Å². The number of nitrogens with one attached hydrogen (secondary N) is 1. The van der Waals surface area contributed by atoms with E-state index in [-0.39, 0.29) is 5.91 Å². The lowest BCUT2D eigenvalue weighted by molar-refractivity contribution is -0.114. The molecular weight excluding hydrogens is 252 g/mol. The molecule has 106 valence electrons. The second kappa shape index (κ2) is 7.94. The van der Waals surface area contributed by atoms with Crippen molar-refractivity contribution in [2.45, 2.75) is 27.7 Å². The van der Waals surface area contributed by atoms with E-state index >= 15 is 0 Å². The lowest BCUT2D eigenvalue weighted by atomic mass is 10.2. The number of carbonyl (C=O) groups excluding carboxylic acids is 1. The molecule has 2 aromatic rings. The van der Waals surface area contributed by atoms with Crippen LogP contribution in [0.25, 0.3) is 0 Å². The fourth-order valence-corrected chi connectivity index (χ4v) is 1.49. The number of pyridine rings is 1. The van der Waals surface area contributed by atoms with Crippen molar-refractivity contribution >= 4 is 11.6 Å². The zero-order valence-electron chi connectivity index (χ0n) is 12.3. The van der Waals surface area contributed by atoms with Gasteiger partial charge in [-0.2, -0.15) is 0 Å². The highest BCUT2D eigenvalue weighted by Crippen LogP contribution is 2.23. The highest BCUT2D eigenvalue weighted by molar-refractivity contribution is 5.89. The third-order valence-electron chi connectivity index (χ3n) is 2.35. The molecule has 2 rings (SSSR count). The number of amides is 1. The molecule has 4 nitrogen and oxygen atoms in total. The van der Waals surface area contributed by atoms with Crippen molar-refractivity contribution in [1.82, 2.24) is 4.98 Å². The molecule has 0 aliphatic rings. The summed E-state index contributed by atoms with van der Waals surface area (Å²) >= 11 is 0. The normalized spacial score (nSPS) is 9.20. The monoisotopic (exact) mass is 272 g/mol. The first-order valence-corrected chi connectivity index (χ1v) is 6.62. The Morgan fingerprint density at radius 1 is 1.20 bits per heavy atom. The molecule has 0 aliphatic carbocycles. The summed E-state index contributed by atoms with van der Waals surface area (Å²) in [5, 5.41) is 2.74. The molecule has 0 spiro atoms. The van der Waals surface area contributed by atoms with Gasteiger partial charge in [0.25, 0.3) is 0 Å². The molecular formula is C16H20N2O2. The lowest BCUT2D eigenvalue weighted by Gasteiger charge is -2.09. The molecule has 0 aliphatic heterocycles. The molecule has 0 unspecified atom stereocenters. The number of carbonyl (C=O) groups is 1. The summed E-state index contributed by atoms with van der Waals surface area (Å²) in [6.07, 6.45) is 1.67. The van der Waals surface area contributed by atoms with Crippen LogP contribution < -0.4 is 10.1 Å². The van der Waals surface area contributed by atoms with E-state index in [2.05, 4.69) is 10.3 Å². The van der Waals surface area contributed by atoms with Crippen molar-refractivity contribution < 1.29 is 9.53 Å². The Bertz CT molecular complexity index is 554. The van der Waals surface area contributed by atoms with Gasteiger partial charge in [0.1, 0.15) is 5.75 Å². The van der Waals surface area contributed by atoms with Gasteiger partial charge < -0.3 is 10.1 Å². The standard InChI is InChI=1S/C14H14N2O2.C2H6/c1-10-9-15-14(8-13(10)16-11(2)17)18-12-6-4-3-5-7-12;1-2/h3-9H,1-2H3,(H,15,16,17);1-2H3. The van der Waals surface area contributed by atoms with Gasteiger partial charge in [-0.15, -0.1) is 0 Å². The van der Waals surface area contributed by atoms with Gasteiger partial charge in [-0.3, -0.25) is 4.79 Å². The Morgan fingerprint density at radius 2 is 1.85 bits per heavy atom. The van der Waals surface area contributed by atoms with Crippen LogP contribution in [0.5, 0.6) is 11.6 Å². The molecule has 1 N–H and O–H groups in total. The summed E-state index contributed by atoms with van der Waals surface area (Å²) in [5.74, 6) is 1.05. The molecule has 1 heterocycles. The number of aromatic nitrogens is 1. The van der Waals surface area contributed by atoms with Crippen molar-refractivity contribution in [2.24, 2.45) is 0 Å². The van der Waals surface area contributed by atoms with Gasteiger partial charge in [0.2, 0.25) is 11.8 Å². The van der Waals surface area contributed by atoms with E-state index in [9.17, 15) is 4.79 Å². The highest BCUT2D eigenvalue weighted by atomic mass is 16.5. The van der Waals surface area contributed by atoms with Crippen LogP contribution in [0.1, 0.15) is 26.3 Å². The topological polar surface area (TPSA) is 51.2 Å². The van der Waals surface area contributed by atoms with E-state index in [1.807, 2.05) is 51.1 Å². The van der Waals surface area contributed by atoms with Crippen LogP contribution in [-0.2, 0) is 4.79 Å². The maximum absolute atomic E-state index is 11.1. The molecule has 0 fully saturated rings. The first kappa shape index (κ1) is 15.7. The van der Waals surface area contributed by atoms with E-state index < -0.39 is 0 Å². The molecule has 0 atom stereocenters. The zero-order chi connectivity index (χ0) is 15.0. The summed E-state index contributed by atoms with van der Waals surface area (Å²) in [5.41, 5.74) is 1.61. The third-order valence-corrected chi connectivity index (χ3v) is 2.35. The number of rotatable bonds is 3. The van der Waals surface area contributed by atoms with Crippen LogP contribution in [0.3, 0.4) is 0 Å². The van der Waals surface area contributed by atoms with Crippen LogP contribution in [0.2, 0.25) is 0 Å². The minimum absolute atomic E-state index is 0.116. The van der Waals surface area contributed by atoms with Crippen molar-refractivity contribution in [2.75, 3.05) is 5.32 Å². The van der Waals surface area contributed by atoms with Crippen molar-refractivity contribution in [3.05, 3.63) is 48.2 Å². The largest absolute Gasteiger partial charge is 0.439 e. The van der Waals surface area contributed by atoms with Crippen molar-refractivity contribution in [1.29, 1.82) is 0 Å². The van der Waals surface area contributed by atoms with Gasteiger partial charge in [0, 0.05) is 19.2 Å². The predicted molar refractivity (Wildman–Crippen MR) is 81.1 cm³/mol. The Balaban J connectivity index is 0.000000956. The molecule has 1 aromatic heterocycles. The predicted octanol–water partition coefficient (Wildman–Crippen LogP) is 4.17. The van der Waals surface area contributed by atoms with Gasteiger partial charge in [0.15, 0.2) is 0 Å². The second-order valence-corrected chi connectivity index (χ2v) is 3.93. The Morgan fingerprint density at radius 3 is 2.45 bits per heavy atom. The molecule has 0 saturated heterocycles. The molecule has 1 aromatic carbocycles. The van der Waals surface area contributed by atoms with E-state index in [4.69, 9.17) is 4.74 Å². The van der Waals surface area contributed by atoms with Crippen LogP contribution in [0.15, 0.2) is 42.6 Å². The summed E-state index contributed by atoms with van der Waals surface area (Å²) in [4.78, 5) is 15.2. The maximum Gasteiger partial charge on any atom is 0.221 e. The van der Waals surface area contributed by atoms with E-state index in [1.165, 1.54) is 6.92 Å². The number of aryl methyl sites for hydroxylation is 1. The minimum atomic E-state index is -0.116. The number of nitrogens with zero attached hydrogens (tertiary/aromatic N) is 1. The summed E-state index contributed by atoms with van der Waals surface area (Å²) in [6.45, 7) is 7.35. The zero-order valence-corrected chi connectivity index (χ0v) is 12.3. The van der Waals surface area contributed by atoms with Gasteiger partial charge in [0.05, 0.1) is 5.69 Å². The van der Waals surface area contributed by atoms with Crippen LogP contribution in [0.4, 0.5) is 5.69 Å². The minimum Gasteiger partial charge on any atom is -0.439 e. The Labute approximate surface area is 119 Å². The highest BCUT2D eigenvalue weighted by Gasteiger charge is 2.05. The molecule has 0 radical (unpaired) electrons. The van der Waals surface area contributed by atoms with Gasteiger partial charge in [-0.05, 0) is 24.6 Å². The van der Waals surface area contributed by atoms with E-state index in [0.29, 0.717) is 17.3 Å². The van der Waals surface area contributed by atoms with Crippen molar-refractivity contribution in [3.63, 3.8) is 0 Å². The van der Waals surface area contributed by atoms with Crippen LogP contribution in [-0.4, -0.2) is 10.9 Å². The lowest BCUT2D eigenvalue weighted by Crippen LogP contribution is -2.07. The number of hydrogen-bond donors (Lipinski definition) is 1. The first-order chi connectivity index (χ1) is 9.65. The quantitative estimate of drug-likeness (QED) is 0.912. The SMILES string of the molecule is CC.CC(=O)Nc1cc(Oc2ccccc2)ncc1C. The maximum atomic E-state index is 11.1. The average molecular weight is 272 g/mol. The fourth-order valence-electron chi connectivity index (χ4n) is 1.49. The summed E-state index contributed by atoms with van der Waals surface area (Å²) in [6, 6.07) is 11.1. The Kier molecular flexibility index (Phi) is 6.23. The summed E-state index contributed by atoms with van der Waals surface area (Å²) < 4.78 is 5.59. The molecule has 0 bridgehead atoms. The van der Waals surface area contributed by atoms with Gasteiger partial charge in [-0.25, -0.2) is 4.98 Å². The average Bonchev–Trinajstić information content (AvgIpc) is 2.45. The van der Waals surface area contributed by atoms with Crippen molar-refractivity contribution in [3.8, 4) is 11.6 Å². The van der Waals surface area contributed by atoms with E-state index in [0.717, 1.165) is 5.56 Å². The molecule has 20 heavy (non-hydrogen) atoms. The number of ether oxygens (including phenoxy) is 1. The smallest absolute Gasteiger partial charge is 0.221 e. The Hall–Kier alpha value is -2.36. The molecule has 4 heteroatoms. The second-order valence-electron chi connectivity index (χ2n) is 3.93. The molecule has 0 saturated carbocycles. The fraction of sp³-hybridized carbons (Fsp3) is 0.250. The number of para-hydroxylation sites is 1. The van der Waals surface area contributed by atoms with Gasteiger partial charge in [-0.1, -0.05) is 32.0 Å². The van der Waals surface area contributed by atoms with Crippen LogP contribution >= 0.6 is 0 Å². The number of hydrogen-bond acceptors (Lipinski definition) is 3. The summed E-state index contributed by atoms with van der Waals surface area (Å²) in [7, 11) is 0. The first-order valence-electron chi connectivity index (χ1n) is 6.62. The van der Waals surface area contributed by atoms with Gasteiger partial charge >= 0.3 is 0 Å².